The summed E-state index contributed by atoms with van der Waals surface area (Å²) in [4.78, 5) is 0.127. The first-order valence-corrected chi connectivity index (χ1v) is 7.28. The van der Waals surface area contributed by atoms with E-state index in [1.54, 1.807) is 6.07 Å². The molecule has 0 bridgehead atoms. The van der Waals surface area contributed by atoms with Crippen molar-refractivity contribution in [2.75, 3.05) is 12.3 Å². The maximum absolute atomic E-state index is 11.8. The lowest BCUT2D eigenvalue weighted by atomic mass is 10.3. The summed E-state index contributed by atoms with van der Waals surface area (Å²) < 4.78 is 27.1. The highest BCUT2D eigenvalue weighted by molar-refractivity contribution is 9.11. The van der Waals surface area contributed by atoms with Crippen LogP contribution in [0.3, 0.4) is 0 Å². The highest BCUT2D eigenvalue weighted by atomic mass is 79.9. The van der Waals surface area contributed by atoms with Crippen LogP contribution in [0.4, 0.5) is 5.69 Å². The van der Waals surface area contributed by atoms with Gasteiger partial charge in [0.05, 0.1) is 4.90 Å². The molecule has 1 aromatic carbocycles. The van der Waals surface area contributed by atoms with Crippen LogP contribution in [-0.2, 0) is 10.0 Å². The molecule has 4 nitrogen and oxygen atoms in total. The van der Waals surface area contributed by atoms with Crippen LogP contribution in [0.15, 0.2) is 38.6 Å². The number of nitrogens with one attached hydrogen (secondary N) is 1. The summed E-state index contributed by atoms with van der Waals surface area (Å²) in [6.45, 7) is 3.68. The molecular formula is C9H10Br2N2O2S. The SMILES string of the molecule is C=C(Br)CNS(=O)(=O)c1ccc(Br)c(N)c1. The number of anilines is 1. The zero-order valence-electron chi connectivity index (χ0n) is 8.20. The lowest BCUT2D eigenvalue weighted by molar-refractivity contribution is 0.585. The molecule has 1 aromatic rings. The largest absolute Gasteiger partial charge is 0.398 e. The average molecular weight is 370 g/mol. The summed E-state index contributed by atoms with van der Waals surface area (Å²) in [7, 11) is -3.54. The zero-order chi connectivity index (χ0) is 12.3. The van der Waals surface area contributed by atoms with Crippen molar-refractivity contribution in [2.24, 2.45) is 0 Å². The van der Waals surface area contributed by atoms with Crippen LogP contribution in [0.1, 0.15) is 0 Å². The molecule has 0 aliphatic rings. The molecule has 0 saturated heterocycles. The van der Waals surface area contributed by atoms with E-state index in [1.807, 2.05) is 0 Å². The molecule has 16 heavy (non-hydrogen) atoms. The first-order valence-electron chi connectivity index (χ1n) is 4.21. The second kappa shape index (κ2) is 5.31. The Morgan fingerprint density at radius 2 is 2.12 bits per heavy atom. The van der Waals surface area contributed by atoms with Gasteiger partial charge in [-0.3, -0.25) is 0 Å². The smallest absolute Gasteiger partial charge is 0.240 e. The summed E-state index contributed by atoms with van der Waals surface area (Å²) in [5.74, 6) is 0. The Balaban J connectivity index is 2.99. The van der Waals surface area contributed by atoms with E-state index >= 15 is 0 Å². The standard InChI is InChI=1S/C9H10Br2N2O2S/c1-6(10)5-13-16(14,15)7-2-3-8(11)9(12)4-7/h2-4,13H,1,5,12H2. The van der Waals surface area contributed by atoms with Crippen molar-refractivity contribution in [3.05, 3.63) is 33.7 Å². The topological polar surface area (TPSA) is 72.2 Å². The Hall–Kier alpha value is -0.370. The van der Waals surface area contributed by atoms with Crippen LogP contribution in [0.2, 0.25) is 0 Å². The lowest BCUT2D eigenvalue weighted by Gasteiger charge is -2.07. The van der Waals surface area contributed by atoms with Crippen molar-refractivity contribution in [2.45, 2.75) is 4.90 Å². The van der Waals surface area contributed by atoms with Gasteiger partial charge in [0.15, 0.2) is 0 Å². The van der Waals surface area contributed by atoms with E-state index < -0.39 is 10.0 Å². The Labute approximate surface area is 111 Å². The fourth-order valence-electron chi connectivity index (χ4n) is 0.946. The molecule has 0 aliphatic carbocycles. The summed E-state index contributed by atoms with van der Waals surface area (Å²) in [6.07, 6.45) is 0. The molecule has 0 atom stereocenters. The van der Waals surface area contributed by atoms with Gasteiger partial charge in [-0.25, -0.2) is 13.1 Å². The summed E-state index contributed by atoms with van der Waals surface area (Å²) in [5, 5.41) is 0. The van der Waals surface area contributed by atoms with Crippen LogP contribution in [0, 0.1) is 0 Å². The molecule has 0 aliphatic heterocycles. The first-order chi connectivity index (χ1) is 7.33. The third-order valence-electron chi connectivity index (χ3n) is 1.73. The molecule has 0 saturated carbocycles. The normalized spacial score (nSPS) is 11.4. The molecule has 1 rings (SSSR count). The number of halogens is 2. The maximum atomic E-state index is 11.8. The summed E-state index contributed by atoms with van der Waals surface area (Å²) >= 11 is 6.27. The molecular weight excluding hydrogens is 360 g/mol. The van der Waals surface area contributed by atoms with E-state index in [-0.39, 0.29) is 11.4 Å². The molecule has 0 heterocycles. The van der Waals surface area contributed by atoms with Gasteiger partial charge in [-0.15, -0.1) is 0 Å². The third-order valence-corrected chi connectivity index (χ3v) is 4.13. The minimum absolute atomic E-state index is 0.127. The van der Waals surface area contributed by atoms with Crippen molar-refractivity contribution in [3.63, 3.8) is 0 Å². The van der Waals surface area contributed by atoms with Crippen molar-refractivity contribution in [1.82, 2.24) is 4.72 Å². The predicted octanol–water partition coefficient (Wildman–Crippen LogP) is 2.22. The van der Waals surface area contributed by atoms with Crippen LogP contribution in [-0.4, -0.2) is 15.0 Å². The molecule has 88 valence electrons. The van der Waals surface area contributed by atoms with Crippen LogP contribution in [0.5, 0.6) is 0 Å². The monoisotopic (exact) mass is 368 g/mol. The van der Waals surface area contributed by atoms with Gasteiger partial charge >= 0.3 is 0 Å². The van der Waals surface area contributed by atoms with Gasteiger partial charge in [-0.05, 0) is 34.1 Å². The number of rotatable bonds is 4. The maximum Gasteiger partial charge on any atom is 0.240 e. The van der Waals surface area contributed by atoms with Gasteiger partial charge in [0.25, 0.3) is 0 Å². The second-order valence-electron chi connectivity index (χ2n) is 3.03. The quantitative estimate of drug-likeness (QED) is 0.799. The van der Waals surface area contributed by atoms with Gasteiger partial charge in [-0.2, -0.15) is 0 Å². The van der Waals surface area contributed by atoms with E-state index in [4.69, 9.17) is 5.73 Å². The van der Waals surface area contributed by atoms with E-state index in [0.717, 1.165) is 0 Å². The number of nitrogens with two attached hydrogens (primary N) is 1. The lowest BCUT2D eigenvalue weighted by Crippen LogP contribution is -2.24. The van der Waals surface area contributed by atoms with E-state index in [0.29, 0.717) is 14.6 Å². The second-order valence-corrected chi connectivity index (χ2v) is 6.77. The molecule has 0 amide bonds. The summed E-state index contributed by atoms with van der Waals surface area (Å²) in [6, 6.07) is 4.45. The van der Waals surface area contributed by atoms with Crippen molar-refractivity contribution in [3.8, 4) is 0 Å². The van der Waals surface area contributed by atoms with Gasteiger partial charge in [0.2, 0.25) is 10.0 Å². The highest BCUT2D eigenvalue weighted by Gasteiger charge is 2.14. The van der Waals surface area contributed by atoms with Gasteiger partial charge in [0.1, 0.15) is 0 Å². The van der Waals surface area contributed by atoms with Crippen molar-refractivity contribution >= 4 is 47.6 Å². The van der Waals surface area contributed by atoms with Crippen molar-refractivity contribution in [1.29, 1.82) is 0 Å². The predicted molar refractivity (Wildman–Crippen MR) is 71.8 cm³/mol. The van der Waals surface area contributed by atoms with Gasteiger partial charge in [-0.1, -0.05) is 22.5 Å². The Kier molecular flexibility index (Phi) is 4.54. The number of hydrogen-bond donors (Lipinski definition) is 2. The number of sulfonamides is 1. The number of benzene rings is 1. The number of nitrogen functional groups attached to an aromatic ring is 1. The van der Waals surface area contributed by atoms with Gasteiger partial charge < -0.3 is 5.73 Å². The fraction of sp³-hybridized carbons (Fsp3) is 0.111. The van der Waals surface area contributed by atoms with Gasteiger partial charge in [0, 0.05) is 21.2 Å². The minimum Gasteiger partial charge on any atom is -0.398 e. The minimum atomic E-state index is -3.54. The van der Waals surface area contributed by atoms with E-state index in [2.05, 4.69) is 43.2 Å². The molecule has 0 radical (unpaired) electrons. The third kappa shape index (κ3) is 3.58. The molecule has 0 fully saturated rings. The number of hydrogen-bond acceptors (Lipinski definition) is 3. The van der Waals surface area contributed by atoms with E-state index in [9.17, 15) is 8.42 Å². The molecule has 3 N–H and O–H groups in total. The Morgan fingerprint density at radius 3 is 2.62 bits per heavy atom. The molecule has 0 aromatic heterocycles. The molecule has 0 unspecified atom stereocenters. The molecule has 0 spiro atoms. The Morgan fingerprint density at radius 1 is 1.50 bits per heavy atom. The highest BCUT2D eigenvalue weighted by Crippen LogP contribution is 2.22. The van der Waals surface area contributed by atoms with E-state index in [1.165, 1.54) is 12.1 Å². The summed E-state index contributed by atoms with van der Waals surface area (Å²) in [5.41, 5.74) is 5.98. The van der Waals surface area contributed by atoms with Crippen molar-refractivity contribution < 1.29 is 8.42 Å². The fourth-order valence-corrected chi connectivity index (χ4v) is 2.58. The van der Waals surface area contributed by atoms with Crippen LogP contribution >= 0.6 is 31.9 Å². The first kappa shape index (κ1) is 13.7. The average Bonchev–Trinajstić information content (AvgIpc) is 2.19. The van der Waals surface area contributed by atoms with Crippen LogP contribution in [0.25, 0.3) is 0 Å². The Bertz CT molecular complexity index is 514. The zero-order valence-corrected chi connectivity index (χ0v) is 12.2. The molecule has 7 heteroatoms. The van der Waals surface area contributed by atoms with Crippen LogP contribution < -0.4 is 10.5 Å².